The van der Waals surface area contributed by atoms with Crippen LogP contribution in [-0.4, -0.2) is 30.6 Å². The number of rotatable bonds is 2. The van der Waals surface area contributed by atoms with Crippen LogP contribution in [0.1, 0.15) is 24.4 Å². The quantitative estimate of drug-likeness (QED) is 0.823. The summed E-state index contributed by atoms with van der Waals surface area (Å²) in [6, 6.07) is 4.88. The molecule has 2 saturated heterocycles. The average Bonchev–Trinajstić information content (AvgIpc) is 2.84. The summed E-state index contributed by atoms with van der Waals surface area (Å²) >= 11 is 0. The van der Waals surface area contributed by atoms with Crippen molar-refractivity contribution in [1.82, 2.24) is 10.2 Å². The summed E-state index contributed by atoms with van der Waals surface area (Å²) in [6.45, 7) is 6.61. The third-order valence-corrected chi connectivity index (χ3v) is 3.85. The van der Waals surface area contributed by atoms with Gasteiger partial charge in [-0.25, -0.2) is 0 Å². The highest BCUT2D eigenvalue weighted by Crippen LogP contribution is 2.26. The van der Waals surface area contributed by atoms with Gasteiger partial charge in [-0.1, -0.05) is 0 Å². The lowest BCUT2D eigenvalue weighted by Crippen LogP contribution is -2.40. The minimum atomic E-state index is 0.727. The summed E-state index contributed by atoms with van der Waals surface area (Å²) in [7, 11) is 0. The molecule has 3 nitrogen and oxygen atoms in total. The summed E-state index contributed by atoms with van der Waals surface area (Å²) < 4.78 is 5.64. The van der Waals surface area contributed by atoms with Gasteiger partial charge in [0.05, 0.1) is 6.54 Å². The van der Waals surface area contributed by atoms with Gasteiger partial charge >= 0.3 is 0 Å². The fourth-order valence-corrected chi connectivity index (χ4v) is 3.06. The van der Waals surface area contributed by atoms with Crippen LogP contribution in [0.2, 0.25) is 0 Å². The van der Waals surface area contributed by atoms with Gasteiger partial charge in [-0.05, 0) is 44.4 Å². The molecule has 0 radical (unpaired) electrons. The van der Waals surface area contributed by atoms with Crippen LogP contribution >= 0.6 is 0 Å². The molecule has 1 aromatic rings. The van der Waals surface area contributed by atoms with Crippen molar-refractivity contribution in [1.29, 1.82) is 0 Å². The molecule has 1 aromatic heterocycles. The van der Waals surface area contributed by atoms with E-state index in [2.05, 4.69) is 22.3 Å². The molecule has 0 saturated carbocycles. The molecule has 1 N–H and O–H groups in total. The van der Waals surface area contributed by atoms with Crippen molar-refractivity contribution in [3.8, 4) is 0 Å². The van der Waals surface area contributed by atoms with E-state index in [-0.39, 0.29) is 0 Å². The number of nitrogens with one attached hydrogen (secondary N) is 1. The van der Waals surface area contributed by atoms with Gasteiger partial charge in [0.25, 0.3) is 0 Å². The average molecular weight is 220 g/mol. The highest BCUT2D eigenvalue weighted by atomic mass is 16.3. The molecule has 2 aliphatic rings. The lowest BCUT2D eigenvalue weighted by molar-refractivity contribution is 0.282. The van der Waals surface area contributed by atoms with Gasteiger partial charge in [0, 0.05) is 19.1 Å². The van der Waals surface area contributed by atoms with Gasteiger partial charge < -0.3 is 9.73 Å². The predicted octanol–water partition coefficient (Wildman–Crippen LogP) is 1.77. The second-order valence-corrected chi connectivity index (χ2v) is 5.17. The number of fused-ring (bicyclic) bond motifs is 1. The number of likely N-dealkylation sites (tertiary alicyclic amines) is 1. The van der Waals surface area contributed by atoms with E-state index in [1.54, 1.807) is 0 Å². The lowest BCUT2D eigenvalue weighted by Gasteiger charge is -2.24. The number of hydrogen-bond donors (Lipinski definition) is 1. The minimum Gasteiger partial charge on any atom is -0.465 e. The van der Waals surface area contributed by atoms with Gasteiger partial charge in [-0.2, -0.15) is 0 Å². The smallest absolute Gasteiger partial charge is 0.118 e. The van der Waals surface area contributed by atoms with E-state index in [9.17, 15) is 0 Å². The Balaban J connectivity index is 1.61. The zero-order valence-electron chi connectivity index (χ0n) is 9.91. The van der Waals surface area contributed by atoms with Gasteiger partial charge in [0.2, 0.25) is 0 Å². The second-order valence-electron chi connectivity index (χ2n) is 5.17. The molecule has 2 atom stereocenters. The SMILES string of the molecule is Cc1ccc(CN2CC3CCCNC3C2)o1. The molecular weight excluding hydrogens is 200 g/mol. The molecule has 3 heteroatoms. The summed E-state index contributed by atoms with van der Waals surface area (Å²) in [5.41, 5.74) is 0. The van der Waals surface area contributed by atoms with Gasteiger partial charge in [0.15, 0.2) is 0 Å². The van der Waals surface area contributed by atoms with Crippen molar-refractivity contribution in [3.63, 3.8) is 0 Å². The molecule has 0 bridgehead atoms. The summed E-state index contributed by atoms with van der Waals surface area (Å²) in [5, 5.41) is 3.63. The van der Waals surface area contributed by atoms with E-state index in [0.717, 1.165) is 30.0 Å². The molecular formula is C13H20N2O. The zero-order chi connectivity index (χ0) is 11.0. The Bertz CT molecular complexity index is 347. The van der Waals surface area contributed by atoms with Crippen molar-refractivity contribution in [2.24, 2.45) is 5.92 Å². The molecule has 16 heavy (non-hydrogen) atoms. The van der Waals surface area contributed by atoms with Crippen molar-refractivity contribution in [3.05, 3.63) is 23.7 Å². The van der Waals surface area contributed by atoms with Crippen LogP contribution < -0.4 is 5.32 Å². The van der Waals surface area contributed by atoms with E-state index < -0.39 is 0 Å². The summed E-state index contributed by atoms with van der Waals surface area (Å²) in [5.74, 6) is 2.99. The van der Waals surface area contributed by atoms with Gasteiger partial charge in [-0.15, -0.1) is 0 Å². The molecule has 0 spiro atoms. The first-order valence-corrected chi connectivity index (χ1v) is 6.32. The highest BCUT2D eigenvalue weighted by Gasteiger charge is 2.34. The lowest BCUT2D eigenvalue weighted by atomic mass is 9.94. The number of piperidine rings is 1. The van der Waals surface area contributed by atoms with E-state index in [4.69, 9.17) is 4.42 Å². The second kappa shape index (κ2) is 4.22. The van der Waals surface area contributed by atoms with E-state index in [1.165, 1.54) is 32.5 Å². The third kappa shape index (κ3) is 2.02. The third-order valence-electron chi connectivity index (χ3n) is 3.85. The molecule has 2 aliphatic heterocycles. The maximum Gasteiger partial charge on any atom is 0.118 e. The Morgan fingerprint density at radius 2 is 2.38 bits per heavy atom. The fraction of sp³-hybridized carbons (Fsp3) is 0.692. The van der Waals surface area contributed by atoms with Crippen LogP contribution in [0.5, 0.6) is 0 Å². The Hall–Kier alpha value is -0.800. The number of nitrogens with zero attached hydrogens (tertiary/aromatic N) is 1. The van der Waals surface area contributed by atoms with Crippen LogP contribution in [0, 0.1) is 12.8 Å². The van der Waals surface area contributed by atoms with Crippen LogP contribution in [0.4, 0.5) is 0 Å². The van der Waals surface area contributed by atoms with Gasteiger partial charge in [-0.3, -0.25) is 4.90 Å². The molecule has 3 rings (SSSR count). The standard InChI is InChI=1S/C13H20N2O/c1-10-4-5-12(16-10)8-15-7-11-3-2-6-14-13(11)9-15/h4-5,11,13-14H,2-3,6-9H2,1H3. The van der Waals surface area contributed by atoms with Crippen molar-refractivity contribution < 1.29 is 4.42 Å². The molecule has 88 valence electrons. The molecule has 3 heterocycles. The van der Waals surface area contributed by atoms with E-state index in [1.807, 2.05) is 6.92 Å². The Morgan fingerprint density at radius 1 is 1.44 bits per heavy atom. The number of furan rings is 1. The largest absolute Gasteiger partial charge is 0.465 e. The predicted molar refractivity (Wildman–Crippen MR) is 63.2 cm³/mol. The maximum atomic E-state index is 5.64. The number of hydrogen-bond acceptors (Lipinski definition) is 3. The first-order chi connectivity index (χ1) is 7.81. The van der Waals surface area contributed by atoms with Gasteiger partial charge in [0.1, 0.15) is 11.5 Å². The molecule has 0 amide bonds. The highest BCUT2D eigenvalue weighted by molar-refractivity contribution is 5.06. The van der Waals surface area contributed by atoms with Crippen LogP contribution in [0.15, 0.2) is 16.5 Å². The van der Waals surface area contributed by atoms with E-state index >= 15 is 0 Å². The first-order valence-electron chi connectivity index (χ1n) is 6.32. The fourth-order valence-electron chi connectivity index (χ4n) is 3.06. The normalized spacial score (nSPS) is 30.6. The zero-order valence-corrected chi connectivity index (χ0v) is 9.91. The maximum absolute atomic E-state index is 5.64. The van der Waals surface area contributed by atoms with Crippen LogP contribution in [-0.2, 0) is 6.54 Å². The van der Waals surface area contributed by atoms with Crippen molar-refractivity contribution in [2.45, 2.75) is 32.4 Å². The van der Waals surface area contributed by atoms with Crippen LogP contribution in [0.3, 0.4) is 0 Å². The molecule has 0 aliphatic carbocycles. The molecule has 2 unspecified atom stereocenters. The Morgan fingerprint density at radius 3 is 3.12 bits per heavy atom. The number of aryl methyl sites for hydroxylation is 1. The van der Waals surface area contributed by atoms with Crippen LogP contribution in [0.25, 0.3) is 0 Å². The molecule has 2 fully saturated rings. The monoisotopic (exact) mass is 220 g/mol. The van der Waals surface area contributed by atoms with Crippen molar-refractivity contribution in [2.75, 3.05) is 19.6 Å². The minimum absolute atomic E-state index is 0.727. The Kier molecular flexibility index (Phi) is 2.74. The molecule has 0 aromatic carbocycles. The summed E-state index contributed by atoms with van der Waals surface area (Å²) in [6.07, 6.45) is 2.74. The van der Waals surface area contributed by atoms with Crippen molar-refractivity contribution >= 4 is 0 Å². The Labute approximate surface area is 96.8 Å². The first kappa shape index (κ1) is 10.4. The summed E-state index contributed by atoms with van der Waals surface area (Å²) in [4.78, 5) is 2.52. The van der Waals surface area contributed by atoms with E-state index in [0.29, 0.717) is 0 Å². The topological polar surface area (TPSA) is 28.4 Å².